The number of carboxylic acids is 2. The second-order valence-corrected chi connectivity index (χ2v) is 12.6. The zero-order valence-corrected chi connectivity index (χ0v) is 30.5. The number of rotatable bonds is 13. The minimum absolute atomic E-state index is 0.0104. The molecule has 0 heterocycles. The predicted octanol–water partition coefficient (Wildman–Crippen LogP) is 8.17. The Bertz CT molecular complexity index is 1800. The molecule has 49 heavy (non-hydrogen) atoms. The first kappa shape index (κ1) is 39.3. The number of carbonyl (C=O) groups excluding carboxylic acids is 1. The molecule has 0 saturated carbocycles. The smallest absolute Gasteiger partial charge is 0.322 e. The van der Waals surface area contributed by atoms with Crippen molar-refractivity contribution in [1.29, 1.82) is 0 Å². The summed E-state index contributed by atoms with van der Waals surface area (Å²) in [6.07, 6.45) is -0.0765. The first-order valence-corrected chi connectivity index (χ1v) is 16.4. The summed E-state index contributed by atoms with van der Waals surface area (Å²) in [6.45, 7) is -0.335. The molecule has 10 nitrogen and oxygen atoms in total. The van der Waals surface area contributed by atoms with Crippen LogP contribution in [-0.4, -0.2) is 48.7 Å². The van der Waals surface area contributed by atoms with Gasteiger partial charge in [-0.3, -0.25) is 14.4 Å². The maximum Gasteiger partial charge on any atom is 0.322 e. The number of amides is 1. The Morgan fingerprint density at radius 2 is 1.16 bits per heavy atom. The maximum absolute atomic E-state index is 13.5. The largest absolute Gasteiger partial charge is 0.487 e. The highest BCUT2D eigenvalue weighted by Gasteiger charge is 2.16. The van der Waals surface area contributed by atoms with Crippen molar-refractivity contribution < 1.29 is 42.9 Å². The zero-order chi connectivity index (χ0) is 36.2. The van der Waals surface area contributed by atoms with Crippen molar-refractivity contribution in [1.82, 2.24) is 5.32 Å². The molecule has 4 aromatic carbocycles. The molecule has 5 N–H and O–H groups in total. The van der Waals surface area contributed by atoms with Gasteiger partial charge in [-0.25, -0.2) is 8.78 Å². The minimum Gasteiger partial charge on any atom is -0.487 e. The van der Waals surface area contributed by atoms with Crippen LogP contribution in [0.2, 0.25) is 10.0 Å². The minimum atomic E-state index is -1.17. The van der Waals surface area contributed by atoms with Crippen LogP contribution in [0.5, 0.6) is 11.5 Å². The number of carbonyl (C=O) groups is 3. The van der Waals surface area contributed by atoms with Crippen LogP contribution in [0.25, 0.3) is 0 Å². The summed E-state index contributed by atoms with van der Waals surface area (Å²) in [5, 5.41) is 25.5. The van der Waals surface area contributed by atoms with Gasteiger partial charge in [0.25, 0.3) is 5.91 Å². The van der Waals surface area contributed by atoms with E-state index < -0.39 is 30.2 Å². The Labute approximate surface area is 307 Å². The molecule has 4 rings (SSSR count). The number of hydrogen-bond acceptors (Lipinski definition) is 7. The van der Waals surface area contributed by atoms with Crippen molar-refractivity contribution in [2.45, 2.75) is 19.6 Å². The molecule has 0 unspecified atom stereocenters. The van der Waals surface area contributed by atoms with E-state index in [4.69, 9.17) is 42.9 Å². The lowest BCUT2D eigenvalue weighted by molar-refractivity contribution is -0.137. The molecule has 0 aromatic heterocycles. The van der Waals surface area contributed by atoms with Gasteiger partial charge in [0.1, 0.15) is 37.1 Å². The lowest BCUT2D eigenvalue weighted by Crippen LogP contribution is -2.29. The number of hydrogen-bond donors (Lipinski definition) is 5. The molecule has 0 bridgehead atoms. The normalized spacial score (nSPS) is 10.4. The average molecular weight is 848 g/mol. The molecule has 260 valence electrons. The van der Waals surface area contributed by atoms with Gasteiger partial charge >= 0.3 is 11.9 Å². The number of benzene rings is 4. The van der Waals surface area contributed by atoms with Crippen LogP contribution >= 0.6 is 55.1 Å². The molecule has 0 atom stereocenters. The van der Waals surface area contributed by atoms with Gasteiger partial charge in [-0.05, 0) is 109 Å². The molecule has 0 radical (unpaired) electrons. The molecule has 1 amide bonds. The van der Waals surface area contributed by atoms with Crippen molar-refractivity contribution in [2.75, 3.05) is 31.3 Å². The van der Waals surface area contributed by atoms with Crippen molar-refractivity contribution in [3.05, 3.63) is 114 Å². The van der Waals surface area contributed by atoms with E-state index in [1.807, 2.05) is 0 Å². The van der Waals surface area contributed by atoms with Crippen molar-refractivity contribution in [2.24, 2.45) is 0 Å². The van der Waals surface area contributed by atoms with Crippen LogP contribution in [0.15, 0.2) is 69.6 Å². The van der Waals surface area contributed by atoms with E-state index in [2.05, 4.69) is 47.8 Å². The molecule has 0 aliphatic rings. The Balaban J connectivity index is 0.000000267. The number of ether oxygens (including phenoxy) is 2. The first-order valence-electron chi connectivity index (χ1n) is 14.1. The van der Waals surface area contributed by atoms with E-state index >= 15 is 0 Å². The Morgan fingerprint density at radius 3 is 1.59 bits per heavy atom. The van der Waals surface area contributed by atoms with Gasteiger partial charge in [-0.1, -0.05) is 23.2 Å². The monoisotopic (exact) mass is 845 g/mol. The number of carboxylic acid groups (broad SMARTS) is 2. The third kappa shape index (κ3) is 12.4. The number of nitrogens with one attached hydrogen (secondary N) is 3. The summed E-state index contributed by atoms with van der Waals surface area (Å²) < 4.78 is 39.6. The van der Waals surface area contributed by atoms with E-state index in [9.17, 15) is 23.2 Å². The van der Waals surface area contributed by atoms with Crippen LogP contribution in [0.1, 0.15) is 27.0 Å². The Morgan fingerprint density at radius 1 is 0.694 bits per heavy atom. The average Bonchev–Trinajstić information content (AvgIpc) is 3.02. The number of anilines is 2. The number of aliphatic carboxylic acids is 2. The lowest BCUT2D eigenvalue weighted by atomic mass is 10.1. The van der Waals surface area contributed by atoms with Gasteiger partial charge in [0.05, 0.1) is 25.4 Å². The van der Waals surface area contributed by atoms with Gasteiger partial charge in [0.15, 0.2) is 5.75 Å². The predicted molar refractivity (Wildman–Crippen MR) is 190 cm³/mol. The standard InChI is InChI=1S/C17H15Cl2FN2O4.C16H14Br2FNO3/c1-21-12-3-9(2-11(20)6-12)8-26-16-13(18)4-10(5-14(16)19)17(25)22-7-15(23)24;1-20-12-3-10(2-11(19)7-12)8-23-16-13(17)4-9(5-14(16)18)6-15(21)22/h2-6,21H,7-8H2,1H3,(H,22,25)(H,23,24);2-5,7,20H,6,8H2,1H3,(H,21,22). The fourth-order valence-electron chi connectivity index (χ4n) is 4.18. The number of halogens is 6. The van der Waals surface area contributed by atoms with E-state index in [1.165, 1.54) is 36.4 Å². The third-order valence-corrected chi connectivity index (χ3v) is 8.07. The first-order chi connectivity index (χ1) is 23.2. The summed E-state index contributed by atoms with van der Waals surface area (Å²) in [5.74, 6) is -2.80. The second-order valence-electron chi connectivity index (χ2n) is 10.1. The van der Waals surface area contributed by atoms with Crippen LogP contribution in [0.3, 0.4) is 0 Å². The van der Waals surface area contributed by atoms with Crippen LogP contribution in [0, 0.1) is 11.6 Å². The Kier molecular flexibility index (Phi) is 14.9. The van der Waals surface area contributed by atoms with Crippen molar-refractivity contribution in [3.8, 4) is 11.5 Å². The summed E-state index contributed by atoms with van der Waals surface area (Å²) in [7, 11) is 3.38. The van der Waals surface area contributed by atoms with E-state index in [0.29, 0.717) is 42.8 Å². The van der Waals surface area contributed by atoms with Crippen LogP contribution < -0.4 is 25.4 Å². The van der Waals surface area contributed by atoms with Crippen molar-refractivity contribution in [3.63, 3.8) is 0 Å². The summed E-state index contributed by atoms with van der Waals surface area (Å²) in [5.41, 5.74) is 3.24. The molecule has 0 spiro atoms. The van der Waals surface area contributed by atoms with Gasteiger partial charge in [0.2, 0.25) is 0 Å². The highest BCUT2D eigenvalue weighted by atomic mass is 79.9. The Hall–Kier alpha value is -4.11. The van der Waals surface area contributed by atoms with Crippen LogP contribution in [0.4, 0.5) is 20.2 Å². The SMILES string of the molecule is CNc1cc(F)cc(COc2c(Br)cc(CC(=O)O)cc2Br)c1.CNc1cc(F)cc(COc2c(Cl)cc(C(=O)NCC(=O)O)cc2Cl)c1. The topological polar surface area (TPSA) is 146 Å². The highest BCUT2D eigenvalue weighted by molar-refractivity contribution is 9.11. The van der Waals surface area contributed by atoms with E-state index in [-0.39, 0.29) is 46.8 Å². The molecule has 4 aromatic rings. The van der Waals surface area contributed by atoms with Gasteiger partial charge in [0, 0.05) is 31.0 Å². The molecule has 0 fully saturated rings. The summed E-state index contributed by atoms with van der Waals surface area (Å²) >= 11 is 19.0. The lowest BCUT2D eigenvalue weighted by Gasteiger charge is -2.13. The molecule has 0 aliphatic carbocycles. The molecular weight excluding hydrogens is 819 g/mol. The molecular formula is C33H29Br2Cl2F2N3O7. The van der Waals surface area contributed by atoms with Crippen LogP contribution in [-0.2, 0) is 29.2 Å². The second kappa shape index (κ2) is 18.6. The molecule has 0 saturated heterocycles. The zero-order valence-electron chi connectivity index (χ0n) is 25.8. The quantitative estimate of drug-likeness (QED) is 0.0900. The van der Waals surface area contributed by atoms with E-state index in [0.717, 1.165) is 0 Å². The summed E-state index contributed by atoms with van der Waals surface area (Å²) in [6, 6.07) is 15.0. The highest BCUT2D eigenvalue weighted by Crippen LogP contribution is 2.36. The fourth-order valence-corrected chi connectivity index (χ4v) is 6.29. The summed E-state index contributed by atoms with van der Waals surface area (Å²) in [4.78, 5) is 33.1. The van der Waals surface area contributed by atoms with Crippen molar-refractivity contribution >= 4 is 84.3 Å². The van der Waals surface area contributed by atoms with Gasteiger partial charge in [-0.15, -0.1) is 0 Å². The maximum atomic E-state index is 13.5. The molecule has 16 heteroatoms. The van der Waals surface area contributed by atoms with E-state index in [1.54, 1.807) is 38.4 Å². The molecule has 0 aliphatic heterocycles. The van der Waals surface area contributed by atoms with Gasteiger partial charge < -0.3 is 35.6 Å². The fraction of sp³-hybridized carbons (Fsp3) is 0.182. The third-order valence-electron chi connectivity index (χ3n) is 6.33. The van der Waals surface area contributed by atoms with Gasteiger partial charge in [-0.2, -0.15) is 0 Å².